The fraction of sp³-hybridized carbons (Fsp3) is 0.278. The van der Waals surface area contributed by atoms with Gasteiger partial charge in [-0.05, 0) is 42.8 Å². The molecule has 5 nitrogen and oxygen atoms in total. The van der Waals surface area contributed by atoms with E-state index in [4.69, 9.17) is 0 Å². The van der Waals surface area contributed by atoms with E-state index in [1.54, 1.807) is 6.07 Å². The molecule has 0 saturated carbocycles. The Morgan fingerprint density at radius 2 is 1.96 bits per heavy atom. The minimum absolute atomic E-state index is 0.0836. The number of aromatic nitrogens is 1. The van der Waals surface area contributed by atoms with E-state index in [9.17, 15) is 9.59 Å². The molecule has 3 rings (SSSR count). The van der Waals surface area contributed by atoms with Crippen molar-refractivity contribution in [3.05, 3.63) is 45.6 Å². The number of nitrogens with zero attached hydrogens (tertiary/aromatic N) is 1. The van der Waals surface area contributed by atoms with Gasteiger partial charge in [-0.1, -0.05) is 29.5 Å². The standard InChI is InChI=1S/C18H19N3O2S2/c1-11-7-8-12(2)16-15(11)21-18(25-16)20-14(22)6-3-9-19-17(23)13-5-4-10-24-13/h4-5,7-8,10H,3,6,9H2,1-2H3,(H,19,23)(H,20,21,22). The number of thiazole rings is 1. The van der Waals surface area contributed by atoms with E-state index in [0.717, 1.165) is 21.3 Å². The Hall–Kier alpha value is -2.25. The lowest BCUT2D eigenvalue weighted by Gasteiger charge is -2.03. The Labute approximate surface area is 154 Å². The summed E-state index contributed by atoms with van der Waals surface area (Å²) in [5.74, 6) is -0.174. The van der Waals surface area contributed by atoms with E-state index in [1.165, 1.54) is 22.7 Å². The number of fused-ring (bicyclic) bond motifs is 1. The second-order valence-electron chi connectivity index (χ2n) is 5.78. The van der Waals surface area contributed by atoms with E-state index in [-0.39, 0.29) is 11.8 Å². The van der Waals surface area contributed by atoms with Crippen LogP contribution in [0.3, 0.4) is 0 Å². The summed E-state index contributed by atoms with van der Waals surface area (Å²) < 4.78 is 1.11. The Bertz CT molecular complexity index is 862. The van der Waals surface area contributed by atoms with Crippen LogP contribution in [0, 0.1) is 13.8 Å². The van der Waals surface area contributed by atoms with Gasteiger partial charge in [0.15, 0.2) is 5.13 Å². The van der Waals surface area contributed by atoms with E-state index < -0.39 is 0 Å². The zero-order valence-corrected chi connectivity index (χ0v) is 15.7. The van der Waals surface area contributed by atoms with Crippen molar-refractivity contribution in [2.75, 3.05) is 11.9 Å². The SMILES string of the molecule is Cc1ccc(C)c2sc(NC(=O)CCCNC(=O)c3cccs3)nc12. The van der Waals surface area contributed by atoms with Crippen LogP contribution in [-0.4, -0.2) is 23.3 Å². The molecule has 0 atom stereocenters. The monoisotopic (exact) mass is 373 g/mol. The average Bonchev–Trinajstić information content (AvgIpc) is 3.25. The van der Waals surface area contributed by atoms with Crippen LogP contribution in [0.25, 0.3) is 10.2 Å². The van der Waals surface area contributed by atoms with Crippen molar-refractivity contribution in [2.45, 2.75) is 26.7 Å². The highest BCUT2D eigenvalue weighted by molar-refractivity contribution is 7.22. The molecular formula is C18H19N3O2S2. The maximum Gasteiger partial charge on any atom is 0.261 e. The van der Waals surface area contributed by atoms with E-state index in [1.807, 2.05) is 31.4 Å². The van der Waals surface area contributed by atoms with Crippen molar-refractivity contribution >= 4 is 49.8 Å². The van der Waals surface area contributed by atoms with Gasteiger partial charge in [0.05, 0.1) is 15.1 Å². The van der Waals surface area contributed by atoms with E-state index in [0.29, 0.717) is 29.4 Å². The normalized spacial score (nSPS) is 10.8. The molecule has 2 heterocycles. The number of aryl methyl sites for hydroxylation is 2. The van der Waals surface area contributed by atoms with Crippen molar-refractivity contribution in [3.63, 3.8) is 0 Å². The highest BCUT2D eigenvalue weighted by Gasteiger charge is 2.11. The second kappa shape index (κ2) is 7.76. The van der Waals surface area contributed by atoms with Gasteiger partial charge in [0.25, 0.3) is 5.91 Å². The predicted molar refractivity (Wildman–Crippen MR) is 104 cm³/mol. The maximum atomic E-state index is 12.1. The molecule has 1 aromatic carbocycles. The first-order valence-corrected chi connectivity index (χ1v) is 9.72. The summed E-state index contributed by atoms with van der Waals surface area (Å²) in [5, 5.41) is 8.17. The molecular weight excluding hydrogens is 354 g/mol. The number of anilines is 1. The lowest BCUT2D eigenvalue weighted by Crippen LogP contribution is -2.24. The number of carbonyl (C=O) groups is 2. The first-order chi connectivity index (χ1) is 12.0. The molecule has 0 radical (unpaired) electrons. The number of benzene rings is 1. The van der Waals surface area contributed by atoms with Gasteiger partial charge in [-0.2, -0.15) is 0 Å². The van der Waals surface area contributed by atoms with Crippen LogP contribution in [0.15, 0.2) is 29.6 Å². The third-order valence-corrected chi connectivity index (χ3v) is 5.77. The summed E-state index contributed by atoms with van der Waals surface area (Å²) in [6, 6.07) is 7.73. The highest BCUT2D eigenvalue weighted by Crippen LogP contribution is 2.30. The van der Waals surface area contributed by atoms with Crippen LogP contribution < -0.4 is 10.6 Å². The molecule has 3 aromatic rings. The molecule has 0 unspecified atom stereocenters. The summed E-state index contributed by atoms with van der Waals surface area (Å²) in [6.07, 6.45) is 0.935. The molecule has 0 saturated heterocycles. The molecule has 2 aromatic heterocycles. The van der Waals surface area contributed by atoms with Crippen LogP contribution in [-0.2, 0) is 4.79 Å². The van der Waals surface area contributed by atoms with Crippen molar-refractivity contribution in [3.8, 4) is 0 Å². The Morgan fingerprint density at radius 1 is 1.16 bits per heavy atom. The summed E-state index contributed by atoms with van der Waals surface area (Å²) in [4.78, 5) is 29.1. The fourth-order valence-electron chi connectivity index (χ4n) is 2.44. The second-order valence-corrected chi connectivity index (χ2v) is 7.73. The Balaban J connectivity index is 1.49. The number of rotatable bonds is 6. The molecule has 2 amide bonds. The number of hydrogen-bond acceptors (Lipinski definition) is 5. The molecule has 0 aliphatic rings. The number of hydrogen-bond donors (Lipinski definition) is 2. The molecule has 0 aliphatic heterocycles. The van der Waals surface area contributed by atoms with Gasteiger partial charge in [0.2, 0.25) is 5.91 Å². The molecule has 0 spiro atoms. The molecule has 25 heavy (non-hydrogen) atoms. The topological polar surface area (TPSA) is 71.1 Å². The van der Waals surface area contributed by atoms with Gasteiger partial charge in [0, 0.05) is 13.0 Å². The van der Waals surface area contributed by atoms with Crippen LogP contribution in [0.1, 0.15) is 33.6 Å². The summed E-state index contributed by atoms with van der Waals surface area (Å²) in [6.45, 7) is 4.54. The van der Waals surface area contributed by atoms with Crippen LogP contribution >= 0.6 is 22.7 Å². The number of thiophene rings is 1. The minimum Gasteiger partial charge on any atom is -0.351 e. The molecule has 130 valence electrons. The first kappa shape index (κ1) is 17.6. The fourth-order valence-corrected chi connectivity index (χ4v) is 4.11. The number of nitrogens with one attached hydrogen (secondary N) is 2. The van der Waals surface area contributed by atoms with E-state index in [2.05, 4.69) is 21.7 Å². The molecule has 0 aliphatic carbocycles. The minimum atomic E-state index is -0.0902. The van der Waals surface area contributed by atoms with Gasteiger partial charge in [-0.3, -0.25) is 9.59 Å². The summed E-state index contributed by atoms with van der Waals surface area (Å²) >= 11 is 2.90. The third kappa shape index (κ3) is 4.24. The quantitative estimate of drug-likeness (QED) is 0.639. The summed E-state index contributed by atoms with van der Waals surface area (Å²) in [7, 11) is 0. The predicted octanol–water partition coefficient (Wildman–Crippen LogP) is 4.12. The zero-order valence-electron chi connectivity index (χ0n) is 14.1. The van der Waals surface area contributed by atoms with Gasteiger partial charge in [0.1, 0.15) is 0 Å². The largest absolute Gasteiger partial charge is 0.351 e. The lowest BCUT2D eigenvalue weighted by molar-refractivity contribution is -0.116. The van der Waals surface area contributed by atoms with Crippen molar-refractivity contribution in [2.24, 2.45) is 0 Å². The van der Waals surface area contributed by atoms with Gasteiger partial charge < -0.3 is 10.6 Å². The highest BCUT2D eigenvalue weighted by atomic mass is 32.1. The number of amides is 2. The number of carbonyl (C=O) groups excluding carboxylic acids is 2. The lowest BCUT2D eigenvalue weighted by atomic mass is 10.1. The van der Waals surface area contributed by atoms with Crippen molar-refractivity contribution in [1.82, 2.24) is 10.3 Å². The van der Waals surface area contributed by atoms with Crippen molar-refractivity contribution in [1.29, 1.82) is 0 Å². The Morgan fingerprint density at radius 3 is 2.68 bits per heavy atom. The zero-order chi connectivity index (χ0) is 17.8. The maximum absolute atomic E-state index is 12.1. The van der Waals surface area contributed by atoms with Crippen molar-refractivity contribution < 1.29 is 9.59 Å². The smallest absolute Gasteiger partial charge is 0.261 e. The Kier molecular flexibility index (Phi) is 5.45. The molecule has 0 fully saturated rings. The van der Waals surface area contributed by atoms with Gasteiger partial charge >= 0.3 is 0 Å². The van der Waals surface area contributed by atoms with Crippen LogP contribution in [0.2, 0.25) is 0 Å². The molecule has 0 bridgehead atoms. The van der Waals surface area contributed by atoms with Crippen LogP contribution in [0.5, 0.6) is 0 Å². The third-order valence-electron chi connectivity index (χ3n) is 3.80. The average molecular weight is 374 g/mol. The molecule has 2 N–H and O–H groups in total. The van der Waals surface area contributed by atoms with E-state index >= 15 is 0 Å². The van der Waals surface area contributed by atoms with Gasteiger partial charge in [-0.25, -0.2) is 4.98 Å². The van der Waals surface area contributed by atoms with Gasteiger partial charge in [-0.15, -0.1) is 11.3 Å². The molecule has 7 heteroatoms. The van der Waals surface area contributed by atoms with Crippen LogP contribution in [0.4, 0.5) is 5.13 Å². The summed E-state index contributed by atoms with van der Waals surface area (Å²) in [5.41, 5.74) is 3.21. The first-order valence-electron chi connectivity index (χ1n) is 8.03.